The number of carbonyl (C=O) groups is 1. The Morgan fingerprint density at radius 3 is 2.52 bits per heavy atom. The van der Waals surface area contributed by atoms with E-state index in [4.69, 9.17) is 0 Å². The minimum absolute atomic E-state index is 0.122. The molecule has 0 saturated carbocycles. The smallest absolute Gasteiger partial charge is 0.221 e. The van der Waals surface area contributed by atoms with Gasteiger partial charge in [-0.3, -0.25) is 4.79 Å². The van der Waals surface area contributed by atoms with E-state index < -0.39 is 10.0 Å². The predicted molar refractivity (Wildman–Crippen MR) is 89.4 cm³/mol. The Balaban J connectivity index is 2.13. The third kappa shape index (κ3) is 4.64. The molecule has 0 aliphatic heterocycles. The van der Waals surface area contributed by atoms with Crippen LogP contribution in [0.2, 0.25) is 0 Å². The van der Waals surface area contributed by atoms with Crippen LogP contribution in [0.3, 0.4) is 0 Å². The highest BCUT2D eigenvalue weighted by molar-refractivity contribution is 7.88. The Hall–Kier alpha value is -2.19. The number of nitrogens with one attached hydrogen (secondary N) is 1. The molecular formula is C15H20N4O3S. The summed E-state index contributed by atoms with van der Waals surface area (Å²) in [6, 6.07) is 7.34. The van der Waals surface area contributed by atoms with E-state index >= 15 is 0 Å². The van der Waals surface area contributed by atoms with Crippen molar-refractivity contribution in [3.8, 4) is 11.4 Å². The van der Waals surface area contributed by atoms with Gasteiger partial charge in [0.1, 0.15) is 5.82 Å². The van der Waals surface area contributed by atoms with Crippen LogP contribution in [0.25, 0.3) is 11.4 Å². The van der Waals surface area contributed by atoms with Gasteiger partial charge >= 0.3 is 0 Å². The molecular weight excluding hydrogens is 316 g/mol. The zero-order valence-electron chi connectivity index (χ0n) is 13.4. The van der Waals surface area contributed by atoms with Crippen molar-refractivity contribution in [2.45, 2.75) is 13.5 Å². The molecule has 1 N–H and O–H groups in total. The topological polar surface area (TPSA) is 84.3 Å². The highest BCUT2D eigenvalue weighted by Gasteiger charge is 2.12. The molecule has 0 aliphatic rings. The highest BCUT2D eigenvalue weighted by atomic mass is 32.2. The van der Waals surface area contributed by atoms with E-state index in [9.17, 15) is 13.2 Å². The minimum Gasteiger partial charge on any atom is -0.330 e. The number of likely N-dealkylation sites (N-methyl/N-ethyl adjacent to an activating group) is 1. The first-order chi connectivity index (χ1) is 10.8. The van der Waals surface area contributed by atoms with Crippen LogP contribution in [-0.4, -0.2) is 48.0 Å². The van der Waals surface area contributed by atoms with E-state index in [0.29, 0.717) is 13.1 Å². The van der Waals surface area contributed by atoms with Crippen molar-refractivity contribution in [1.29, 1.82) is 0 Å². The van der Waals surface area contributed by atoms with Crippen LogP contribution in [0.4, 0.5) is 5.69 Å². The van der Waals surface area contributed by atoms with E-state index in [1.165, 1.54) is 17.5 Å². The van der Waals surface area contributed by atoms with Crippen LogP contribution in [0.15, 0.2) is 36.7 Å². The number of nitrogens with zero attached hydrogens (tertiary/aromatic N) is 3. The third-order valence-corrected chi connectivity index (χ3v) is 4.72. The number of anilines is 1. The molecule has 2 aromatic rings. The fourth-order valence-electron chi connectivity index (χ4n) is 2.07. The first-order valence-electron chi connectivity index (χ1n) is 7.08. The van der Waals surface area contributed by atoms with Gasteiger partial charge in [-0.2, -0.15) is 0 Å². The van der Waals surface area contributed by atoms with Gasteiger partial charge in [0, 0.05) is 50.7 Å². The summed E-state index contributed by atoms with van der Waals surface area (Å²) in [7, 11) is -1.64. The molecule has 1 aromatic carbocycles. The molecule has 2 rings (SSSR count). The maximum Gasteiger partial charge on any atom is 0.221 e. The maximum atomic E-state index is 11.4. The van der Waals surface area contributed by atoms with Crippen LogP contribution in [0, 0.1) is 0 Å². The summed E-state index contributed by atoms with van der Waals surface area (Å²) in [6.45, 7) is 2.33. The quantitative estimate of drug-likeness (QED) is 0.864. The Kier molecular flexibility index (Phi) is 5.17. The molecule has 0 unspecified atom stereocenters. The number of amides is 1. The van der Waals surface area contributed by atoms with E-state index in [-0.39, 0.29) is 5.91 Å². The molecule has 0 atom stereocenters. The summed E-state index contributed by atoms with van der Waals surface area (Å²) in [5, 5.41) is 2.71. The van der Waals surface area contributed by atoms with Crippen molar-refractivity contribution in [2.24, 2.45) is 0 Å². The van der Waals surface area contributed by atoms with E-state index in [1.54, 1.807) is 25.4 Å². The maximum absolute atomic E-state index is 11.4. The van der Waals surface area contributed by atoms with Gasteiger partial charge in [0.2, 0.25) is 15.9 Å². The van der Waals surface area contributed by atoms with Gasteiger partial charge < -0.3 is 9.88 Å². The summed E-state index contributed by atoms with van der Waals surface area (Å²) in [4.78, 5) is 15.4. The standard InChI is InChI=1S/C15H20N4O3S/c1-12(20)17-14-6-4-13(5-7-14)15-16-8-9-19(15)11-10-18(2)23(3,21)22/h4-9H,10-11H2,1-3H3,(H,17,20). The molecule has 0 fully saturated rings. The summed E-state index contributed by atoms with van der Waals surface area (Å²) in [5.74, 6) is 0.629. The van der Waals surface area contributed by atoms with E-state index in [2.05, 4.69) is 10.3 Å². The summed E-state index contributed by atoms with van der Waals surface area (Å²) >= 11 is 0. The number of rotatable bonds is 6. The Labute approximate surface area is 136 Å². The van der Waals surface area contributed by atoms with Crippen LogP contribution in [0.1, 0.15) is 6.92 Å². The normalized spacial score (nSPS) is 11.7. The Morgan fingerprint density at radius 1 is 1.30 bits per heavy atom. The van der Waals surface area contributed by atoms with Crippen molar-refractivity contribution in [3.05, 3.63) is 36.7 Å². The zero-order valence-corrected chi connectivity index (χ0v) is 14.2. The molecule has 1 aromatic heterocycles. The van der Waals surface area contributed by atoms with Gasteiger partial charge in [-0.15, -0.1) is 0 Å². The van der Waals surface area contributed by atoms with E-state index in [1.807, 2.05) is 22.9 Å². The van der Waals surface area contributed by atoms with Crippen molar-refractivity contribution >= 4 is 21.6 Å². The van der Waals surface area contributed by atoms with Crippen LogP contribution in [0.5, 0.6) is 0 Å². The Morgan fingerprint density at radius 2 is 1.96 bits per heavy atom. The fraction of sp³-hybridized carbons (Fsp3) is 0.333. The molecule has 1 amide bonds. The lowest BCUT2D eigenvalue weighted by Crippen LogP contribution is -2.29. The molecule has 0 bridgehead atoms. The number of carbonyl (C=O) groups excluding carboxylic acids is 1. The van der Waals surface area contributed by atoms with Gasteiger partial charge in [0.25, 0.3) is 0 Å². The second-order valence-corrected chi connectivity index (χ2v) is 7.38. The molecule has 0 spiro atoms. The van der Waals surface area contributed by atoms with Crippen LogP contribution >= 0.6 is 0 Å². The molecule has 124 valence electrons. The summed E-state index contributed by atoms with van der Waals surface area (Å²) in [6.07, 6.45) is 4.67. The Bertz CT molecular complexity index is 781. The number of sulfonamides is 1. The molecule has 1 heterocycles. The van der Waals surface area contributed by atoms with Gasteiger partial charge in [0.05, 0.1) is 6.26 Å². The lowest BCUT2D eigenvalue weighted by molar-refractivity contribution is -0.114. The zero-order chi connectivity index (χ0) is 17.0. The van der Waals surface area contributed by atoms with E-state index in [0.717, 1.165) is 17.1 Å². The summed E-state index contributed by atoms with van der Waals surface area (Å²) < 4.78 is 26.1. The van der Waals surface area contributed by atoms with Crippen LogP contribution < -0.4 is 5.32 Å². The highest BCUT2D eigenvalue weighted by Crippen LogP contribution is 2.20. The first kappa shape index (κ1) is 17.2. The number of aromatic nitrogens is 2. The van der Waals surface area contributed by atoms with Crippen molar-refractivity contribution in [2.75, 3.05) is 25.2 Å². The SMILES string of the molecule is CC(=O)Nc1ccc(-c2nccn2CCN(C)S(C)(=O)=O)cc1. The van der Waals surface area contributed by atoms with Gasteiger partial charge in [-0.05, 0) is 24.3 Å². The number of hydrogen-bond donors (Lipinski definition) is 1. The largest absolute Gasteiger partial charge is 0.330 e. The number of imidazole rings is 1. The molecule has 7 nitrogen and oxygen atoms in total. The molecule has 23 heavy (non-hydrogen) atoms. The predicted octanol–water partition coefficient (Wildman–Crippen LogP) is 1.40. The van der Waals surface area contributed by atoms with Crippen LogP contribution in [-0.2, 0) is 21.4 Å². The summed E-state index contributed by atoms with van der Waals surface area (Å²) in [5.41, 5.74) is 1.61. The van der Waals surface area contributed by atoms with Crippen molar-refractivity contribution in [1.82, 2.24) is 13.9 Å². The molecule has 0 saturated heterocycles. The number of benzene rings is 1. The molecule has 0 aliphatic carbocycles. The lowest BCUT2D eigenvalue weighted by atomic mass is 10.2. The average molecular weight is 336 g/mol. The molecule has 8 heteroatoms. The monoisotopic (exact) mass is 336 g/mol. The fourth-order valence-corrected chi connectivity index (χ4v) is 2.48. The minimum atomic E-state index is -3.19. The first-order valence-corrected chi connectivity index (χ1v) is 8.92. The molecule has 0 radical (unpaired) electrons. The third-order valence-electron chi connectivity index (χ3n) is 3.40. The second kappa shape index (κ2) is 6.93. The lowest BCUT2D eigenvalue weighted by Gasteiger charge is -2.15. The van der Waals surface area contributed by atoms with Crippen molar-refractivity contribution < 1.29 is 13.2 Å². The van der Waals surface area contributed by atoms with Gasteiger partial charge in [-0.1, -0.05) is 0 Å². The second-order valence-electron chi connectivity index (χ2n) is 5.29. The van der Waals surface area contributed by atoms with Gasteiger partial charge in [-0.25, -0.2) is 17.7 Å². The van der Waals surface area contributed by atoms with Crippen molar-refractivity contribution in [3.63, 3.8) is 0 Å². The van der Waals surface area contributed by atoms with Gasteiger partial charge in [0.15, 0.2) is 0 Å². The number of hydrogen-bond acceptors (Lipinski definition) is 4. The average Bonchev–Trinajstić information content (AvgIpc) is 2.92.